The summed E-state index contributed by atoms with van der Waals surface area (Å²) in [4.78, 5) is 32.0. The molecule has 2 amide bonds. The first kappa shape index (κ1) is 24.0. The van der Waals surface area contributed by atoms with E-state index in [1.165, 1.54) is 25.0 Å². The van der Waals surface area contributed by atoms with E-state index in [1.54, 1.807) is 12.1 Å². The van der Waals surface area contributed by atoms with Gasteiger partial charge in [-0.05, 0) is 93.7 Å². The van der Waals surface area contributed by atoms with Crippen molar-refractivity contribution in [3.8, 4) is 11.1 Å². The molecule has 0 spiro atoms. The van der Waals surface area contributed by atoms with Crippen molar-refractivity contribution < 1.29 is 14.0 Å². The summed E-state index contributed by atoms with van der Waals surface area (Å²) in [5, 5.41) is 5.97. The van der Waals surface area contributed by atoms with Crippen LogP contribution in [0.4, 0.5) is 10.1 Å². The summed E-state index contributed by atoms with van der Waals surface area (Å²) in [6, 6.07) is 11.9. The number of carbonyl (C=O) groups is 2. The van der Waals surface area contributed by atoms with Gasteiger partial charge >= 0.3 is 0 Å². The van der Waals surface area contributed by atoms with Crippen molar-refractivity contribution >= 4 is 29.2 Å². The van der Waals surface area contributed by atoms with E-state index in [9.17, 15) is 14.0 Å². The number of rotatable bonds is 7. The van der Waals surface area contributed by atoms with E-state index in [-0.39, 0.29) is 17.6 Å². The predicted molar refractivity (Wildman–Crippen MR) is 141 cm³/mol. The van der Waals surface area contributed by atoms with Crippen LogP contribution in [-0.4, -0.2) is 47.9 Å². The highest BCUT2D eigenvalue weighted by Crippen LogP contribution is 2.41. The number of hydrogen-bond acceptors (Lipinski definition) is 3. The lowest BCUT2D eigenvalue weighted by Crippen LogP contribution is -2.29. The zero-order chi connectivity index (χ0) is 25.2. The standard InChI is InChI=1S/C29H31FN4O2/c1-18-19(2)32-25(26(18)29(36)31-12-7-15-34-13-3-4-14-34)17-23-27-22(20-8-5-9-21(30)16-20)10-6-11-24(27)33-28(23)35/h5-6,8-11,16-17,32H,3-4,7,12-15H2,1-2H3,(H,31,36)(H,33,35)/b23-17-. The first-order valence-corrected chi connectivity index (χ1v) is 12.5. The molecule has 1 saturated heterocycles. The van der Waals surface area contributed by atoms with Gasteiger partial charge in [0.2, 0.25) is 0 Å². The van der Waals surface area contributed by atoms with E-state index < -0.39 is 0 Å². The molecular formula is C29H31FN4O2. The fourth-order valence-corrected chi connectivity index (χ4v) is 5.18. The van der Waals surface area contributed by atoms with Crippen LogP contribution >= 0.6 is 0 Å². The minimum Gasteiger partial charge on any atom is -0.358 e. The molecule has 2 aliphatic heterocycles. The summed E-state index contributed by atoms with van der Waals surface area (Å²) in [6.07, 6.45) is 5.15. The van der Waals surface area contributed by atoms with E-state index in [4.69, 9.17) is 0 Å². The summed E-state index contributed by atoms with van der Waals surface area (Å²) in [7, 11) is 0. The molecule has 2 aliphatic rings. The van der Waals surface area contributed by atoms with Crippen LogP contribution in [0.25, 0.3) is 22.8 Å². The quantitative estimate of drug-likeness (QED) is 0.319. The fourth-order valence-electron chi connectivity index (χ4n) is 5.18. The third-order valence-electron chi connectivity index (χ3n) is 7.14. The van der Waals surface area contributed by atoms with Crippen molar-refractivity contribution in [3.63, 3.8) is 0 Å². The summed E-state index contributed by atoms with van der Waals surface area (Å²) in [5.41, 5.74) is 6.12. The number of H-pyrrole nitrogens is 1. The largest absolute Gasteiger partial charge is 0.358 e. The molecule has 2 aromatic carbocycles. The molecule has 186 valence electrons. The normalized spacial score (nSPS) is 16.4. The zero-order valence-corrected chi connectivity index (χ0v) is 20.7. The van der Waals surface area contributed by atoms with Crippen molar-refractivity contribution in [2.45, 2.75) is 33.1 Å². The highest BCUT2D eigenvalue weighted by atomic mass is 19.1. The maximum absolute atomic E-state index is 14.0. The highest BCUT2D eigenvalue weighted by Gasteiger charge is 2.29. The average Bonchev–Trinajstić information content (AvgIpc) is 3.56. The lowest BCUT2D eigenvalue weighted by molar-refractivity contribution is -0.110. The number of benzene rings is 2. The second kappa shape index (κ2) is 10.1. The smallest absolute Gasteiger partial charge is 0.256 e. The number of aryl methyl sites for hydroxylation is 1. The van der Waals surface area contributed by atoms with E-state index in [1.807, 2.05) is 38.1 Å². The van der Waals surface area contributed by atoms with Crippen LogP contribution in [0.3, 0.4) is 0 Å². The number of likely N-dealkylation sites (tertiary alicyclic amines) is 1. The van der Waals surface area contributed by atoms with Gasteiger partial charge in [-0.15, -0.1) is 0 Å². The van der Waals surface area contributed by atoms with Crippen LogP contribution in [0.15, 0.2) is 42.5 Å². The Labute approximate surface area is 210 Å². The van der Waals surface area contributed by atoms with Crippen molar-refractivity contribution in [2.75, 3.05) is 31.5 Å². The summed E-state index contributed by atoms with van der Waals surface area (Å²) >= 11 is 0. The maximum atomic E-state index is 14.0. The van der Waals surface area contributed by atoms with Gasteiger partial charge < -0.3 is 20.5 Å². The van der Waals surface area contributed by atoms with Crippen LogP contribution < -0.4 is 10.6 Å². The van der Waals surface area contributed by atoms with Crippen LogP contribution in [0.1, 0.15) is 52.1 Å². The van der Waals surface area contributed by atoms with E-state index in [2.05, 4.69) is 20.5 Å². The number of hydrogen-bond donors (Lipinski definition) is 3. The van der Waals surface area contributed by atoms with E-state index in [0.717, 1.165) is 42.9 Å². The number of nitrogens with one attached hydrogen (secondary N) is 3. The Morgan fingerprint density at radius 1 is 1.14 bits per heavy atom. The number of fused-ring (bicyclic) bond motifs is 1. The Kier molecular flexibility index (Phi) is 6.74. The van der Waals surface area contributed by atoms with Gasteiger partial charge in [0, 0.05) is 23.5 Å². The number of aromatic nitrogens is 1. The average molecular weight is 487 g/mol. The molecule has 0 saturated carbocycles. The van der Waals surface area contributed by atoms with Gasteiger partial charge in [-0.2, -0.15) is 0 Å². The molecule has 1 aromatic heterocycles. The van der Waals surface area contributed by atoms with Crippen LogP contribution in [-0.2, 0) is 4.79 Å². The first-order valence-electron chi connectivity index (χ1n) is 12.5. The Morgan fingerprint density at radius 3 is 2.69 bits per heavy atom. The monoisotopic (exact) mass is 486 g/mol. The molecule has 3 heterocycles. The third kappa shape index (κ3) is 4.71. The molecule has 6 nitrogen and oxygen atoms in total. The molecular weight excluding hydrogens is 455 g/mol. The topological polar surface area (TPSA) is 77.2 Å². The predicted octanol–water partition coefficient (Wildman–Crippen LogP) is 5.15. The molecule has 0 atom stereocenters. The lowest BCUT2D eigenvalue weighted by atomic mass is 9.94. The van der Waals surface area contributed by atoms with E-state index in [0.29, 0.717) is 40.2 Å². The zero-order valence-electron chi connectivity index (χ0n) is 20.7. The fraction of sp³-hybridized carbons (Fsp3) is 0.310. The Bertz CT molecular complexity index is 1350. The van der Waals surface area contributed by atoms with Crippen molar-refractivity contribution in [1.29, 1.82) is 0 Å². The molecule has 36 heavy (non-hydrogen) atoms. The van der Waals surface area contributed by atoms with Gasteiger partial charge in [0.05, 0.1) is 16.8 Å². The van der Waals surface area contributed by atoms with E-state index >= 15 is 0 Å². The van der Waals surface area contributed by atoms with Crippen molar-refractivity contribution in [2.24, 2.45) is 0 Å². The van der Waals surface area contributed by atoms with Crippen molar-refractivity contribution in [3.05, 3.63) is 76.4 Å². The Morgan fingerprint density at radius 2 is 1.92 bits per heavy atom. The summed E-state index contributed by atoms with van der Waals surface area (Å²) < 4.78 is 14.0. The minimum atomic E-state index is -0.341. The number of amides is 2. The van der Waals surface area contributed by atoms with Gasteiger partial charge in [-0.1, -0.05) is 24.3 Å². The van der Waals surface area contributed by atoms with Gasteiger partial charge in [-0.25, -0.2) is 4.39 Å². The van der Waals surface area contributed by atoms with Crippen LogP contribution in [0.2, 0.25) is 0 Å². The Balaban J connectivity index is 1.45. The van der Waals surface area contributed by atoms with Gasteiger partial charge in [-0.3, -0.25) is 9.59 Å². The van der Waals surface area contributed by atoms with Gasteiger partial charge in [0.1, 0.15) is 5.82 Å². The molecule has 3 aromatic rings. The molecule has 0 radical (unpaired) electrons. The lowest BCUT2D eigenvalue weighted by Gasteiger charge is -2.14. The molecule has 7 heteroatoms. The van der Waals surface area contributed by atoms with Gasteiger partial charge in [0.25, 0.3) is 11.8 Å². The molecule has 1 fully saturated rings. The second-order valence-electron chi connectivity index (χ2n) is 9.57. The second-order valence-corrected chi connectivity index (χ2v) is 9.57. The molecule has 5 rings (SSSR count). The molecule has 3 N–H and O–H groups in total. The van der Waals surface area contributed by atoms with Crippen molar-refractivity contribution in [1.82, 2.24) is 15.2 Å². The highest BCUT2D eigenvalue weighted by molar-refractivity contribution is 6.36. The summed E-state index contributed by atoms with van der Waals surface area (Å²) in [6.45, 7) is 7.70. The molecule has 0 unspecified atom stereocenters. The first-order chi connectivity index (χ1) is 17.4. The third-order valence-corrected chi connectivity index (χ3v) is 7.14. The number of halogens is 1. The number of anilines is 1. The molecule has 0 aliphatic carbocycles. The van der Waals surface area contributed by atoms with Gasteiger partial charge in [0.15, 0.2) is 0 Å². The van der Waals surface area contributed by atoms with Crippen LogP contribution in [0, 0.1) is 19.7 Å². The van der Waals surface area contributed by atoms with Crippen LogP contribution in [0.5, 0.6) is 0 Å². The Hall–Kier alpha value is -3.71. The SMILES string of the molecule is Cc1[nH]c(/C=C2\C(=O)Nc3cccc(-c4cccc(F)c4)c32)c(C(=O)NCCCN2CCCC2)c1C. The maximum Gasteiger partial charge on any atom is 0.256 e. The summed E-state index contributed by atoms with van der Waals surface area (Å²) in [5.74, 6) is -0.745. The minimum absolute atomic E-state index is 0.151. The number of nitrogens with zero attached hydrogens (tertiary/aromatic N) is 1. The number of aromatic amines is 1. The number of carbonyl (C=O) groups excluding carboxylic acids is 2. The molecule has 0 bridgehead atoms.